The third-order valence-electron chi connectivity index (χ3n) is 9.24. The van der Waals surface area contributed by atoms with Crippen LogP contribution < -0.4 is 4.74 Å². The van der Waals surface area contributed by atoms with Gasteiger partial charge in [0, 0.05) is 98.5 Å². The molecule has 5 heterocycles. The van der Waals surface area contributed by atoms with Gasteiger partial charge in [0.2, 0.25) is 10.0 Å². The van der Waals surface area contributed by atoms with Crippen molar-refractivity contribution in [1.29, 1.82) is 0 Å². The number of aliphatic hydroxyl groups excluding tert-OH is 1. The highest BCUT2D eigenvalue weighted by Gasteiger charge is 2.38. The van der Waals surface area contributed by atoms with Crippen LogP contribution in [0, 0.1) is 0 Å². The Kier molecular flexibility index (Phi) is 11.1. The number of aromatic nitrogens is 4. The first kappa shape index (κ1) is 36.9. The van der Waals surface area contributed by atoms with Crippen LogP contribution in [0.15, 0.2) is 41.6 Å². The van der Waals surface area contributed by atoms with Gasteiger partial charge in [-0.1, -0.05) is 6.07 Å². The first-order chi connectivity index (χ1) is 23.6. The average molecular weight is 746 g/mol. The molecule has 1 unspecified atom stereocenters. The smallest absolute Gasteiger partial charge is 0.417 e. The molecule has 2 aromatic heterocycles. The standard InChI is InChI=1S/C32H40F5N7O4S2/c1-50(46,47)43-13-7-27-25(20-43)29(22-3-4-26(32(35,36)37)28(17-22)49-16-15-42-14-8-31(33,34)21-42)40-44(27)19-23(45)18-41-11-5-24(6-12-41)48-30-38-9-2-10-39-30/h2-4,9-10,17,23-24,45H,5-8,11-16,18-21H2,1H3. The van der Waals surface area contributed by atoms with Gasteiger partial charge in [0.15, 0.2) is 0 Å². The van der Waals surface area contributed by atoms with E-state index in [4.69, 9.17) is 9.84 Å². The maximum absolute atomic E-state index is 14.1. The fraction of sp³-hybridized carbons (Fsp3) is 0.594. The second-order valence-corrected chi connectivity index (χ2v) is 16.2. The molecule has 6 rings (SSSR count). The Balaban J connectivity index is 1.19. The average Bonchev–Trinajstić information content (AvgIpc) is 3.59. The minimum absolute atomic E-state index is 0.00902. The molecular formula is C32H40F5N7O4S2. The van der Waals surface area contributed by atoms with E-state index in [0.717, 1.165) is 42.6 Å². The molecule has 3 aromatic rings. The molecule has 0 bridgehead atoms. The molecule has 0 saturated carbocycles. The predicted octanol–water partition coefficient (Wildman–Crippen LogP) is 4.01. The molecule has 274 valence electrons. The highest BCUT2D eigenvalue weighted by atomic mass is 32.2. The summed E-state index contributed by atoms with van der Waals surface area (Å²) in [4.78, 5) is 11.8. The van der Waals surface area contributed by atoms with Crippen molar-refractivity contribution >= 4 is 21.8 Å². The Morgan fingerprint density at radius 3 is 2.48 bits per heavy atom. The lowest BCUT2D eigenvalue weighted by atomic mass is 10.0. The van der Waals surface area contributed by atoms with Gasteiger partial charge in [-0.2, -0.15) is 22.6 Å². The number of sulfonamides is 1. The third-order valence-corrected chi connectivity index (χ3v) is 11.5. The van der Waals surface area contributed by atoms with Crippen LogP contribution in [0.4, 0.5) is 22.0 Å². The number of piperidine rings is 1. The number of ether oxygens (including phenoxy) is 1. The number of likely N-dealkylation sites (tertiary alicyclic amines) is 2. The first-order valence-corrected chi connectivity index (χ1v) is 19.3. The van der Waals surface area contributed by atoms with Gasteiger partial charge in [-0.25, -0.2) is 27.2 Å². The quantitative estimate of drug-likeness (QED) is 0.216. The molecule has 1 atom stereocenters. The lowest BCUT2D eigenvalue weighted by Crippen LogP contribution is -2.43. The second kappa shape index (κ2) is 15.0. The lowest BCUT2D eigenvalue weighted by molar-refractivity contribution is -0.139. The first-order valence-electron chi connectivity index (χ1n) is 16.5. The van der Waals surface area contributed by atoms with E-state index in [1.807, 2.05) is 0 Å². The van der Waals surface area contributed by atoms with Gasteiger partial charge in [-0.3, -0.25) is 9.58 Å². The molecule has 0 spiro atoms. The van der Waals surface area contributed by atoms with Crippen molar-refractivity contribution in [2.24, 2.45) is 0 Å². The molecule has 18 heteroatoms. The van der Waals surface area contributed by atoms with Gasteiger partial charge in [-0.05, 0) is 31.0 Å². The van der Waals surface area contributed by atoms with Crippen molar-refractivity contribution in [3.05, 3.63) is 53.5 Å². The molecule has 3 aliphatic rings. The summed E-state index contributed by atoms with van der Waals surface area (Å²) in [5, 5.41) is 15.9. The van der Waals surface area contributed by atoms with E-state index in [1.165, 1.54) is 16.4 Å². The fourth-order valence-electron chi connectivity index (χ4n) is 6.70. The number of hydrogen-bond acceptors (Lipinski definition) is 10. The molecule has 2 saturated heterocycles. The van der Waals surface area contributed by atoms with Crippen LogP contribution in [-0.2, 0) is 35.7 Å². The molecule has 0 radical (unpaired) electrons. The van der Waals surface area contributed by atoms with E-state index >= 15 is 0 Å². The Morgan fingerprint density at radius 1 is 1.08 bits per heavy atom. The number of benzene rings is 1. The van der Waals surface area contributed by atoms with E-state index in [-0.39, 0.29) is 55.9 Å². The van der Waals surface area contributed by atoms with Crippen LogP contribution in [0.2, 0.25) is 0 Å². The zero-order valence-electron chi connectivity index (χ0n) is 27.5. The molecular weight excluding hydrogens is 706 g/mol. The van der Waals surface area contributed by atoms with Crippen molar-refractivity contribution in [3.8, 4) is 17.3 Å². The molecule has 1 aromatic carbocycles. The summed E-state index contributed by atoms with van der Waals surface area (Å²) < 4.78 is 103. The van der Waals surface area contributed by atoms with E-state index in [9.17, 15) is 35.5 Å². The zero-order chi connectivity index (χ0) is 35.7. The Morgan fingerprint density at radius 2 is 1.82 bits per heavy atom. The van der Waals surface area contributed by atoms with Crippen molar-refractivity contribution in [2.75, 3.05) is 57.8 Å². The van der Waals surface area contributed by atoms with Gasteiger partial charge < -0.3 is 14.7 Å². The molecule has 50 heavy (non-hydrogen) atoms. The van der Waals surface area contributed by atoms with Crippen molar-refractivity contribution in [1.82, 2.24) is 33.9 Å². The molecule has 1 N–H and O–H groups in total. The second-order valence-electron chi connectivity index (χ2n) is 13.0. The minimum atomic E-state index is -4.65. The third kappa shape index (κ3) is 9.11. The van der Waals surface area contributed by atoms with Crippen molar-refractivity contribution < 1.29 is 40.2 Å². The number of alkyl halides is 5. The van der Waals surface area contributed by atoms with Crippen LogP contribution in [0.1, 0.15) is 36.1 Å². The van der Waals surface area contributed by atoms with Crippen LogP contribution in [0.25, 0.3) is 11.3 Å². The largest absolute Gasteiger partial charge is 0.460 e. The summed E-state index contributed by atoms with van der Waals surface area (Å²) >= 11 is 0.940. The highest BCUT2D eigenvalue weighted by molar-refractivity contribution is 7.99. The molecule has 2 fully saturated rings. The maximum atomic E-state index is 14.1. The van der Waals surface area contributed by atoms with Gasteiger partial charge >= 0.3 is 12.2 Å². The Hall–Kier alpha value is -2.90. The number of rotatable bonds is 12. The predicted molar refractivity (Wildman–Crippen MR) is 176 cm³/mol. The van der Waals surface area contributed by atoms with Gasteiger partial charge in [0.1, 0.15) is 6.10 Å². The van der Waals surface area contributed by atoms with E-state index in [0.29, 0.717) is 48.9 Å². The maximum Gasteiger partial charge on any atom is 0.417 e. The zero-order valence-corrected chi connectivity index (χ0v) is 29.2. The van der Waals surface area contributed by atoms with E-state index in [1.54, 1.807) is 28.0 Å². The van der Waals surface area contributed by atoms with Crippen LogP contribution in [0.3, 0.4) is 0 Å². The van der Waals surface area contributed by atoms with Crippen molar-refractivity contribution in [2.45, 2.75) is 68.0 Å². The van der Waals surface area contributed by atoms with E-state index in [2.05, 4.69) is 14.9 Å². The summed E-state index contributed by atoms with van der Waals surface area (Å²) in [5.41, 5.74) is 1.17. The topological polar surface area (TPSA) is 117 Å². The van der Waals surface area contributed by atoms with Crippen LogP contribution in [0.5, 0.6) is 6.01 Å². The number of hydrogen-bond donors (Lipinski definition) is 1. The normalized spacial score (nSPS) is 20.2. The summed E-state index contributed by atoms with van der Waals surface area (Å²) in [6, 6.07) is 5.74. The Bertz CT molecular complexity index is 1740. The van der Waals surface area contributed by atoms with Gasteiger partial charge in [0.05, 0.1) is 36.7 Å². The fourth-order valence-corrected chi connectivity index (χ4v) is 8.60. The summed E-state index contributed by atoms with van der Waals surface area (Å²) in [7, 11) is -3.58. The number of thioether (sulfide) groups is 1. The summed E-state index contributed by atoms with van der Waals surface area (Å²) in [5.74, 6) is -2.62. The Labute approximate surface area is 291 Å². The highest BCUT2D eigenvalue weighted by Crippen LogP contribution is 2.40. The summed E-state index contributed by atoms with van der Waals surface area (Å²) in [6.07, 6.45) is 0.326. The van der Waals surface area contributed by atoms with Gasteiger partial charge in [-0.15, -0.1) is 11.8 Å². The number of aliphatic hydroxyl groups is 1. The molecule has 11 nitrogen and oxygen atoms in total. The number of halogens is 5. The lowest BCUT2D eigenvalue weighted by Gasteiger charge is -2.33. The number of fused-ring (bicyclic) bond motifs is 1. The minimum Gasteiger partial charge on any atom is -0.460 e. The SMILES string of the molecule is CS(=O)(=O)N1CCc2c(c(-c3ccc(C(F)(F)F)c(SCCN4CCC(F)(F)C4)c3)nn2CC(O)CN2CCC(Oc3ncccn3)CC2)C1. The van der Waals surface area contributed by atoms with Crippen molar-refractivity contribution in [3.63, 3.8) is 0 Å². The monoisotopic (exact) mass is 745 g/mol. The summed E-state index contributed by atoms with van der Waals surface area (Å²) in [6.45, 7) is 2.01. The molecule has 3 aliphatic heterocycles. The van der Waals surface area contributed by atoms with Crippen LogP contribution >= 0.6 is 11.8 Å². The number of nitrogens with zero attached hydrogens (tertiary/aromatic N) is 7. The van der Waals surface area contributed by atoms with Crippen LogP contribution in [-0.4, -0.2) is 123 Å². The molecule has 0 aliphatic carbocycles. The van der Waals surface area contributed by atoms with Gasteiger partial charge in [0.25, 0.3) is 5.92 Å². The van der Waals surface area contributed by atoms with E-state index < -0.39 is 40.3 Å². The number of β-amino-alcohol motifs (C(OH)–C–C–N with tert-alkyl or cyclic N) is 1. The molecule has 0 amide bonds.